The van der Waals surface area contributed by atoms with Gasteiger partial charge >= 0.3 is 0 Å². The minimum atomic E-state index is 0.381. The fourth-order valence-electron chi connectivity index (χ4n) is 1.18. The van der Waals surface area contributed by atoms with E-state index in [-0.39, 0.29) is 0 Å². The molecule has 62 valence electrons. The minimum absolute atomic E-state index is 0.381. The van der Waals surface area contributed by atoms with Crippen molar-refractivity contribution in [2.45, 2.75) is 6.92 Å². The van der Waals surface area contributed by atoms with Gasteiger partial charge in [-0.25, -0.2) is 0 Å². The first-order valence-corrected chi connectivity index (χ1v) is 4.75. The molecular formula is C9H7ClOS. The van der Waals surface area contributed by atoms with Crippen LogP contribution in [0.5, 0.6) is 5.75 Å². The molecule has 0 amide bonds. The van der Waals surface area contributed by atoms with Gasteiger partial charge in [-0.15, -0.1) is 11.3 Å². The minimum Gasteiger partial charge on any atom is -0.506 e. The predicted octanol–water partition coefficient (Wildman–Crippen LogP) is 3.57. The first kappa shape index (κ1) is 7.90. The second-order valence-electron chi connectivity index (χ2n) is 2.65. The van der Waals surface area contributed by atoms with E-state index in [1.54, 1.807) is 17.4 Å². The molecule has 0 bridgehead atoms. The molecule has 2 aromatic rings. The van der Waals surface area contributed by atoms with Crippen LogP contribution in [0, 0.1) is 6.92 Å². The summed E-state index contributed by atoms with van der Waals surface area (Å²) >= 11 is 7.36. The van der Waals surface area contributed by atoms with Crippen molar-refractivity contribution in [2.75, 3.05) is 0 Å². The lowest BCUT2D eigenvalue weighted by atomic mass is 10.2. The fourth-order valence-corrected chi connectivity index (χ4v) is 2.41. The average Bonchev–Trinajstić information content (AvgIpc) is 2.28. The SMILES string of the molecule is Cc1sc2cc(Cl)ccc2c1O. The van der Waals surface area contributed by atoms with Crippen molar-refractivity contribution >= 4 is 33.0 Å². The molecule has 0 aliphatic rings. The second kappa shape index (κ2) is 2.64. The summed E-state index contributed by atoms with van der Waals surface area (Å²) in [5.41, 5.74) is 0. The van der Waals surface area contributed by atoms with E-state index in [1.165, 1.54) is 0 Å². The highest BCUT2D eigenvalue weighted by atomic mass is 35.5. The van der Waals surface area contributed by atoms with Gasteiger partial charge in [-0.2, -0.15) is 0 Å². The maximum absolute atomic E-state index is 9.56. The van der Waals surface area contributed by atoms with Gasteiger partial charge in [0, 0.05) is 20.0 Å². The maximum Gasteiger partial charge on any atom is 0.137 e. The number of thiophene rings is 1. The number of benzene rings is 1. The predicted molar refractivity (Wildman–Crippen MR) is 53.2 cm³/mol. The monoisotopic (exact) mass is 198 g/mol. The number of aryl methyl sites for hydroxylation is 1. The Balaban J connectivity index is 2.87. The number of fused-ring (bicyclic) bond motifs is 1. The number of rotatable bonds is 0. The Hall–Kier alpha value is -0.730. The van der Waals surface area contributed by atoms with E-state index in [2.05, 4.69) is 0 Å². The van der Waals surface area contributed by atoms with Gasteiger partial charge in [0.25, 0.3) is 0 Å². The number of hydrogen-bond acceptors (Lipinski definition) is 2. The van der Waals surface area contributed by atoms with Gasteiger partial charge in [0.1, 0.15) is 5.75 Å². The fraction of sp³-hybridized carbons (Fsp3) is 0.111. The van der Waals surface area contributed by atoms with Crippen molar-refractivity contribution < 1.29 is 5.11 Å². The average molecular weight is 199 g/mol. The van der Waals surface area contributed by atoms with Crippen LogP contribution in [0.1, 0.15) is 4.88 Å². The zero-order valence-electron chi connectivity index (χ0n) is 6.47. The summed E-state index contributed by atoms with van der Waals surface area (Å²) in [7, 11) is 0. The molecule has 0 aliphatic heterocycles. The first-order valence-electron chi connectivity index (χ1n) is 3.56. The van der Waals surface area contributed by atoms with Crippen LogP contribution in [0.3, 0.4) is 0 Å². The quantitative estimate of drug-likeness (QED) is 0.686. The van der Waals surface area contributed by atoms with Gasteiger partial charge in [-0.05, 0) is 25.1 Å². The lowest BCUT2D eigenvalue weighted by Crippen LogP contribution is -1.64. The molecule has 0 fully saturated rings. The molecular weight excluding hydrogens is 192 g/mol. The molecule has 2 rings (SSSR count). The van der Waals surface area contributed by atoms with Crippen LogP contribution < -0.4 is 0 Å². The van der Waals surface area contributed by atoms with Crippen molar-refractivity contribution in [3.8, 4) is 5.75 Å². The Morgan fingerprint density at radius 1 is 1.42 bits per heavy atom. The first-order chi connectivity index (χ1) is 5.68. The smallest absolute Gasteiger partial charge is 0.137 e. The van der Waals surface area contributed by atoms with Crippen LogP contribution in [0.2, 0.25) is 5.02 Å². The highest BCUT2D eigenvalue weighted by Gasteiger charge is 2.06. The summed E-state index contributed by atoms with van der Waals surface area (Å²) in [5.74, 6) is 0.381. The van der Waals surface area contributed by atoms with Crippen LogP contribution >= 0.6 is 22.9 Å². The zero-order valence-corrected chi connectivity index (χ0v) is 8.04. The summed E-state index contributed by atoms with van der Waals surface area (Å²) in [5, 5.41) is 11.2. The maximum atomic E-state index is 9.56. The van der Waals surface area contributed by atoms with E-state index >= 15 is 0 Å². The van der Waals surface area contributed by atoms with Gasteiger partial charge in [-0.3, -0.25) is 0 Å². The lowest BCUT2D eigenvalue weighted by Gasteiger charge is -1.90. The van der Waals surface area contributed by atoms with Crippen molar-refractivity contribution in [3.05, 3.63) is 28.1 Å². The third-order valence-corrected chi connectivity index (χ3v) is 3.09. The Kier molecular flexibility index (Phi) is 1.74. The van der Waals surface area contributed by atoms with Gasteiger partial charge in [-0.1, -0.05) is 11.6 Å². The number of halogens is 1. The third-order valence-electron chi connectivity index (χ3n) is 1.80. The van der Waals surface area contributed by atoms with Crippen LogP contribution in [-0.4, -0.2) is 5.11 Å². The van der Waals surface area contributed by atoms with Crippen LogP contribution in [0.15, 0.2) is 18.2 Å². The van der Waals surface area contributed by atoms with Crippen molar-refractivity contribution in [2.24, 2.45) is 0 Å². The molecule has 0 saturated carbocycles. The van der Waals surface area contributed by atoms with Crippen molar-refractivity contribution in [1.82, 2.24) is 0 Å². The summed E-state index contributed by atoms with van der Waals surface area (Å²) in [6.07, 6.45) is 0. The van der Waals surface area contributed by atoms with Crippen LogP contribution in [0.25, 0.3) is 10.1 Å². The highest BCUT2D eigenvalue weighted by molar-refractivity contribution is 7.19. The summed E-state index contributed by atoms with van der Waals surface area (Å²) < 4.78 is 1.04. The third kappa shape index (κ3) is 1.08. The molecule has 0 radical (unpaired) electrons. The second-order valence-corrected chi connectivity index (χ2v) is 4.34. The molecule has 1 heterocycles. The van der Waals surface area contributed by atoms with Gasteiger partial charge in [0.2, 0.25) is 0 Å². The molecule has 0 spiro atoms. The number of aromatic hydroxyl groups is 1. The molecule has 12 heavy (non-hydrogen) atoms. The summed E-state index contributed by atoms with van der Waals surface area (Å²) in [6.45, 7) is 1.90. The normalized spacial score (nSPS) is 10.8. The molecule has 0 unspecified atom stereocenters. The molecule has 1 aromatic heterocycles. The van der Waals surface area contributed by atoms with E-state index < -0.39 is 0 Å². The largest absolute Gasteiger partial charge is 0.506 e. The molecule has 3 heteroatoms. The van der Waals surface area contributed by atoms with Gasteiger partial charge in [0.15, 0.2) is 0 Å². The van der Waals surface area contributed by atoms with Crippen molar-refractivity contribution in [3.63, 3.8) is 0 Å². The topological polar surface area (TPSA) is 20.2 Å². The van der Waals surface area contributed by atoms with E-state index in [0.29, 0.717) is 10.8 Å². The molecule has 1 aromatic carbocycles. The zero-order chi connectivity index (χ0) is 8.72. The number of hydrogen-bond donors (Lipinski definition) is 1. The van der Waals surface area contributed by atoms with E-state index in [1.807, 2.05) is 19.1 Å². The molecule has 0 atom stereocenters. The standard InChI is InChI=1S/C9H7ClOS/c1-5-9(11)7-3-2-6(10)4-8(7)12-5/h2-4,11H,1H3. The summed E-state index contributed by atoms with van der Waals surface area (Å²) in [4.78, 5) is 0.937. The highest BCUT2D eigenvalue weighted by Crippen LogP contribution is 2.37. The summed E-state index contributed by atoms with van der Waals surface area (Å²) in [6, 6.07) is 5.50. The van der Waals surface area contributed by atoms with Crippen LogP contribution in [-0.2, 0) is 0 Å². The Labute approximate surface area is 79.2 Å². The van der Waals surface area contributed by atoms with Crippen molar-refractivity contribution in [1.29, 1.82) is 0 Å². The molecule has 0 saturated heterocycles. The molecule has 1 nitrogen and oxygen atoms in total. The molecule has 0 aliphatic carbocycles. The molecule has 1 N–H and O–H groups in total. The van der Waals surface area contributed by atoms with E-state index in [4.69, 9.17) is 11.6 Å². The Morgan fingerprint density at radius 3 is 2.92 bits per heavy atom. The Bertz CT molecular complexity index is 433. The van der Waals surface area contributed by atoms with E-state index in [0.717, 1.165) is 15.0 Å². The van der Waals surface area contributed by atoms with Gasteiger partial charge in [0.05, 0.1) is 0 Å². The van der Waals surface area contributed by atoms with Crippen LogP contribution in [0.4, 0.5) is 0 Å². The Morgan fingerprint density at radius 2 is 2.17 bits per heavy atom. The van der Waals surface area contributed by atoms with Gasteiger partial charge < -0.3 is 5.11 Å². The lowest BCUT2D eigenvalue weighted by molar-refractivity contribution is 0.480. The van der Waals surface area contributed by atoms with E-state index in [9.17, 15) is 5.11 Å².